The molecule has 2 aromatic heterocycles. The monoisotopic (exact) mass is 423 g/mol. The molecule has 0 aliphatic carbocycles. The molecule has 0 atom stereocenters. The molecule has 2 heterocycles. The van der Waals surface area contributed by atoms with Gasteiger partial charge < -0.3 is 14.2 Å². The highest BCUT2D eigenvalue weighted by Crippen LogP contribution is 2.40. The summed E-state index contributed by atoms with van der Waals surface area (Å²) in [5, 5.41) is 4.41. The molecule has 154 valence electrons. The van der Waals surface area contributed by atoms with Crippen molar-refractivity contribution in [1.29, 1.82) is 0 Å². The van der Waals surface area contributed by atoms with Gasteiger partial charge in [-0.25, -0.2) is 0 Å². The lowest BCUT2D eigenvalue weighted by Gasteiger charge is -2.12. The molecule has 0 amide bonds. The number of methoxy groups -OCH3 is 3. The van der Waals surface area contributed by atoms with Gasteiger partial charge in [-0.3, -0.25) is 4.79 Å². The van der Waals surface area contributed by atoms with Crippen molar-refractivity contribution in [2.24, 2.45) is 0 Å². The van der Waals surface area contributed by atoms with Crippen molar-refractivity contribution < 1.29 is 14.2 Å². The minimum atomic E-state index is -0.194. The number of nitrogens with zero attached hydrogens (tertiary/aromatic N) is 3. The Morgan fingerprint density at radius 3 is 2.23 bits per heavy atom. The van der Waals surface area contributed by atoms with Gasteiger partial charge in [0.25, 0.3) is 5.56 Å². The Morgan fingerprint density at radius 2 is 1.70 bits per heavy atom. The van der Waals surface area contributed by atoms with Crippen LogP contribution in [0, 0.1) is 0 Å². The third-order valence-corrected chi connectivity index (χ3v) is 5.75. The van der Waals surface area contributed by atoms with Crippen LogP contribution in [0.5, 0.6) is 17.2 Å². The van der Waals surface area contributed by atoms with Gasteiger partial charge >= 0.3 is 0 Å². The first-order valence-electron chi connectivity index (χ1n) is 9.38. The van der Waals surface area contributed by atoms with E-state index in [1.807, 2.05) is 18.2 Å². The molecule has 0 N–H and O–H groups in total. The fourth-order valence-electron chi connectivity index (χ4n) is 3.17. The van der Waals surface area contributed by atoms with Crippen molar-refractivity contribution in [2.45, 2.75) is 13.3 Å². The van der Waals surface area contributed by atoms with Crippen LogP contribution >= 0.6 is 11.3 Å². The zero-order valence-electron chi connectivity index (χ0n) is 17.1. The predicted molar refractivity (Wildman–Crippen MR) is 117 cm³/mol. The lowest BCUT2D eigenvalue weighted by Crippen LogP contribution is -2.23. The van der Waals surface area contributed by atoms with Crippen LogP contribution in [0.3, 0.4) is 0 Å². The van der Waals surface area contributed by atoms with Gasteiger partial charge in [-0.1, -0.05) is 42.5 Å². The summed E-state index contributed by atoms with van der Waals surface area (Å²) in [5.74, 6) is 1.89. The largest absolute Gasteiger partial charge is 0.493 e. The van der Waals surface area contributed by atoms with Crippen molar-refractivity contribution in [3.8, 4) is 28.6 Å². The molecule has 0 bridgehead atoms. The Kier molecular flexibility index (Phi) is 5.41. The molecule has 4 aromatic rings. The van der Waals surface area contributed by atoms with Crippen LogP contribution in [0.1, 0.15) is 18.1 Å². The van der Waals surface area contributed by atoms with Crippen LogP contribution in [0.4, 0.5) is 0 Å². The van der Waals surface area contributed by atoms with Crippen molar-refractivity contribution in [3.05, 3.63) is 62.4 Å². The molecule has 0 aliphatic heterocycles. The quantitative estimate of drug-likeness (QED) is 0.475. The molecule has 0 aliphatic rings. The summed E-state index contributed by atoms with van der Waals surface area (Å²) in [6.07, 6.45) is 2.84. The second kappa shape index (κ2) is 8.16. The van der Waals surface area contributed by atoms with Crippen LogP contribution in [0.15, 0.2) is 41.2 Å². The van der Waals surface area contributed by atoms with E-state index >= 15 is 0 Å². The molecule has 4 rings (SSSR count). The molecule has 30 heavy (non-hydrogen) atoms. The third kappa shape index (κ3) is 3.50. The highest BCUT2D eigenvalue weighted by molar-refractivity contribution is 7.15. The molecule has 0 fully saturated rings. The van der Waals surface area contributed by atoms with Gasteiger partial charge in [0.1, 0.15) is 0 Å². The first-order chi connectivity index (χ1) is 14.6. The fraction of sp³-hybridized carbons (Fsp3) is 0.227. The van der Waals surface area contributed by atoms with Gasteiger partial charge in [-0.05, 0) is 35.8 Å². The average Bonchev–Trinajstić information content (AvgIpc) is 3.32. The lowest BCUT2D eigenvalue weighted by atomic mass is 10.1. The third-order valence-electron chi connectivity index (χ3n) is 4.79. The number of rotatable bonds is 6. The van der Waals surface area contributed by atoms with E-state index in [1.54, 1.807) is 33.5 Å². The Morgan fingerprint density at radius 1 is 1.03 bits per heavy atom. The predicted octanol–water partition coefficient (Wildman–Crippen LogP) is 2.95. The van der Waals surface area contributed by atoms with Gasteiger partial charge in [0.15, 0.2) is 17.3 Å². The molecule has 0 unspecified atom stereocenters. The standard InChI is InChI=1S/C22H21N3O4S/c1-5-13-6-8-14(9-7-13)10-18-21(26)25-22(30-18)23-20(24-25)15-11-16(27-2)19(29-4)17(12-15)28-3/h6-12H,5H2,1-4H3/b18-10-. The van der Waals surface area contributed by atoms with Gasteiger partial charge in [0, 0.05) is 5.56 Å². The van der Waals surface area contributed by atoms with Crippen molar-refractivity contribution in [2.75, 3.05) is 21.3 Å². The molecule has 2 aromatic carbocycles. The average molecular weight is 423 g/mol. The Labute approximate surface area is 177 Å². The van der Waals surface area contributed by atoms with E-state index < -0.39 is 0 Å². The maximum absolute atomic E-state index is 12.8. The summed E-state index contributed by atoms with van der Waals surface area (Å²) in [4.78, 5) is 17.9. The molecule has 0 saturated heterocycles. The minimum Gasteiger partial charge on any atom is -0.493 e. The van der Waals surface area contributed by atoms with Gasteiger partial charge in [-0.2, -0.15) is 9.50 Å². The highest BCUT2D eigenvalue weighted by Gasteiger charge is 2.18. The summed E-state index contributed by atoms with van der Waals surface area (Å²) < 4.78 is 18.0. The number of aromatic nitrogens is 3. The van der Waals surface area contributed by atoms with Gasteiger partial charge in [0.2, 0.25) is 10.7 Å². The maximum atomic E-state index is 12.8. The fourth-order valence-corrected chi connectivity index (χ4v) is 4.07. The minimum absolute atomic E-state index is 0.194. The van der Waals surface area contributed by atoms with Gasteiger partial charge in [0.05, 0.1) is 25.9 Å². The Hall–Kier alpha value is -3.39. The molecule has 0 radical (unpaired) electrons. The van der Waals surface area contributed by atoms with Crippen molar-refractivity contribution in [3.63, 3.8) is 0 Å². The molecular formula is C22H21N3O4S. The van der Waals surface area contributed by atoms with E-state index in [4.69, 9.17) is 14.2 Å². The number of ether oxygens (including phenoxy) is 3. The Bertz CT molecular complexity index is 1280. The second-order valence-corrected chi connectivity index (χ2v) is 7.56. The smallest absolute Gasteiger partial charge is 0.291 e. The summed E-state index contributed by atoms with van der Waals surface area (Å²) in [6.45, 7) is 2.11. The molecule has 0 saturated carbocycles. The second-order valence-electron chi connectivity index (χ2n) is 6.55. The van der Waals surface area contributed by atoms with Crippen LogP contribution < -0.4 is 24.3 Å². The van der Waals surface area contributed by atoms with E-state index in [0.29, 0.717) is 38.1 Å². The van der Waals surface area contributed by atoms with Crippen molar-refractivity contribution >= 4 is 22.4 Å². The number of hydrogen-bond acceptors (Lipinski definition) is 7. The van der Waals surface area contributed by atoms with Crippen LogP contribution in [-0.4, -0.2) is 35.9 Å². The number of fused-ring (bicyclic) bond motifs is 1. The molecule has 7 nitrogen and oxygen atoms in total. The van der Waals surface area contributed by atoms with Crippen LogP contribution in [0.25, 0.3) is 22.4 Å². The Balaban J connectivity index is 1.77. The van der Waals surface area contributed by atoms with E-state index in [-0.39, 0.29) is 5.56 Å². The molecule has 0 spiro atoms. The van der Waals surface area contributed by atoms with E-state index in [1.165, 1.54) is 21.4 Å². The summed E-state index contributed by atoms with van der Waals surface area (Å²) in [6, 6.07) is 11.7. The normalized spacial score (nSPS) is 11.8. The van der Waals surface area contributed by atoms with Crippen molar-refractivity contribution in [1.82, 2.24) is 14.6 Å². The van der Waals surface area contributed by atoms with Gasteiger partial charge in [-0.15, -0.1) is 5.10 Å². The first-order valence-corrected chi connectivity index (χ1v) is 10.2. The topological polar surface area (TPSA) is 74.9 Å². The zero-order valence-corrected chi connectivity index (χ0v) is 17.9. The zero-order chi connectivity index (χ0) is 21.3. The number of hydrogen-bond donors (Lipinski definition) is 0. The molecule has 8 heteroatoms. The number of thiazole rings is 1. The summed E-state index contributed by atoms with van der Waals surface area (Å²) in [7, 11) is 4.64. The SMILES string of the molecule is CCc1ccc(/C=c2\sc3nc(-c4cc(OC)c(OC)c(OC)c4)nn3c2=O)cc1. The van der Waals surface area contributed by atoms with Crippen LogP contribution in [0.2, 0.25) is 0 Å². The summed E-state index contributed by atoms with van der Waals surface area (Å²) >= 11 is 1.31. The summed E-state index contributed by atoms with van der Waals surface area (Å²) in [5.41, 5.74) is 2.70. The highest BCUT2D eigenvalue weighted by atomic mass is 32.1. The van der Waals surface area contributed by atoms with Crippen LogP contribution in [-0.2, 0) is 6.42 Å². The maximum Gasteiger partial charge on any atom is 0.291 e. The van der Waals surface area contributed by atoms with E-state index in [2.05, 4.69) is 29.1 Å². The first kappa shape index (κ1) is 19.9. The molecular weight excluding hydrogens is 402 g/mol. The van der Waals surface area contributed by atoms with E-state index in [9.17, 15) is 4.79 Å². The lowest BCUT2D eigenvalue weighted by molar-refractivity contribution is 0.324. The number of aryl methyl sites for hydroxylation is 1. The number of benzene rings is 2. The van der Waals surface area contributed by atoms with E-state index in [0.717, 1.165) is 12.0 Å².